The van der Waals surface area contributed by atoms with E-state index in [2.05, 4.69) is 25.2 Å². The van der Waals surface area contributed by atoms with Gasteiger partial charge in [0.15, 0.2) is 5.65 Å². The van der Waals surface area contributed by atoms with Gasteiger partial charge in [-0.1, -0.05) is 0 Å². The largest absolute Gasteiger partial charge is 0.384 e. The number of nitrogens with zero attached hydrogens (tertiary/aromatic N) is 4. The van der Waals surface area contributed by atoms with Gasteiger partial charge in [0, 0.05) is 12.6 Å². The lowest BCUT2D eigenvalue weighted by Gasteiger charge is -2.25. The summed E-state index contributed by atoms with van der Waals surface area (Å²) in [5.41, 5.74) is 6.28. The summed E-state index contributed by atoms with van der Waals surface area (Å²) in [6.45, 7) is 0.819. The van der Waals surface area contributed by atoms with Gasteiger partial charge in [-0.25, -0.2) is 15.0 Å². The zero-order valence-electron chi connectivity index (χ0n) is 12.2. The maximum atomic E-state index is 12.4. The van der Waals surface area contributed by atoms with Crippen LogP contribution < -0.4 is 16.0 Å². The van der Waals surface area contributed by atoms with Crippen LogP contribution in [0.5, 0.6) is 0 Å². The quantitative estimate of drug-likeness (QED) is 0.872. The first-order chi connectivity index (χ1) is 10.7. The molecule has 0 aromatic carbocycles. The fraction of sp³-hybridized carbons (Fsp3) is 0.467. The van der Waals surface area contributed by atoms with Crippen LogP contribution >= 0.6 is 0 Å². The molecule has 1 atom stereocenters. The van der Waals surface area contributed by atoms with Gasteiger partial charge in [0.1, 0.15) is 24.0 Å². The molecule has 114 valence electrons. The van der Waals surface area contributed by atoms with E-state index < -0.39 is 0 Å². The molecule has 2 fully saturated rings. The maximum Gasteiger partial charge on any atom is 0.242 e. The van der Waals surface area contributed by atoms with E-state index in [-0.39, 0.29) is 11.9 Å². The van der Waals surface area contributed by atoms with Gasteiger partial charge in [-0.05, 0) is 37.8 Å². The maximum absolute atomic E-state index is 12.4. The summed E-state index contributed by atoms with van der Waals surface area (Å²) >= 11 is 0. The first kappa shape index (κ1) is 13.2. The number of nitrogens with two attached hydrogens (primary N) is 1. The number of rotatable bonds is 3. The summed E-state index contributed by atoms with van der Waals surface area (Å²) in [6.07, 6.45) is 5.51. The fourth-order valence-electron chi connectivity index (χ4n) is 2.99. The van der Waals surface area contributed by atoms with E-state index in [9.17, 15) is 4.79 Å². The molecule has 1 saturated carbocycles. The van der Waals surface area contributed by atoms with E-state index in [4.69, 9.17) is 5.73 Å². The molecule has 2 aromatic rings. The van der Waals surface area contributed by atoms with Crippen LogP contribution in [-0.2, 0) is 4.79 Å². The average Bonchev–Trinajstić information content (AvgIpc) is 3.18. The van der Waals surface area contributed by atoms with Gasteiger partial charge in [0.05, 0.1) is 5.39 Å². The van der Waals surface area contributed by atoms with Crippen LogP contribution in [-0.4, -0.2) is 39.5 Å². The topological polar surface area (TPSA) is 97.0 Å². The van der Waals surface area contributed by atoms with E-state index in [1.165, 1.54) is 6.33 Å². The number of pyridine rings is 1. The lowest BCUT2D eigenvalue weighted by molar-refractivity contribution is -0.122. The van der Waals surface area contributed by atoms with Crippen molar-refractivity contribution in [2.24, 2.45) is 0 Å². The van der Waals surface area contributed by atoms with Crippen LogP contribution in [0.4, 0.5) is 11.6 Å². The van der Waals surface area contributed by atoms with Crippen molar-refractivity contribution in [1.29, 1.82) is 0 Å². The summed E-state index contributed by atoms with van der Waals surface area (Å²) in [6, 6.07) is 3.83. The number of fused-ring (bicyclic) bond motifs is 1. The average molecular weight is 298 g/mol. The van der Waals surface area contributed by atoms with Crippen LogP contribution in [0.1, 0.15) is 25.7 Å². The molecule has 0 radical (unpaired) electrons. The molecule has 7 nitrogen and oxygen atoms in total. The normalized spacial score (nSPS) is 21.3. The number of aromatic nitrogens is 3. The molecule has 1 unspecified atom stereocenters. The van der Waals surface area contributed by atoms with Crippen LogP contribution in [0.15, 0.2) is 18.5 Å². The SMILES string of the molecule is Nc1ccc2c(N3CCCC3C(=O)NC3CC3)ncnc2n1. The van der Waals surface area contributed by atoms with E-state index in [0.29, 0.717) is 17.5 Å². The van der Waals surface area contributed by atoms with Crippen LogP contribution in [0.2, 0.25) is 0 Å². The third-order valence-corrected chi connectivity index (χ3v) is 4.25. The zero-order chi connectivity index (χ0) is 15.1. The second kappa shape index (κ2) is 5.08. The first-order valence-electron chi connectivity index (χ1n) is 7.66. The summed E-state index contributed by atoms with van der Waals surface area (Å²) in [7, 11) is 0. The molecular formula is C15H18N6O. The van der Waals surface area contributed by atoms with Gasteiger partial charge in [-0.15, -0.1) is 0 Å². The fourth-order valence-corrected chi connectivity index (χ4v) is 2.99. The van der Waals surface area contributed by atoms with E-state index >= 15 is 0 Å². The van der Waals surface area contributed by atoms with Gasteiger partial charge < -0.3 is 16.0 Å². The first-order valence-corrected chi connectivity index (χ1v) is 7.66. The molecule has 2 aromatic heterocycles. The molecule has 0 bridgehead atoms. The molecule has 1 amide bonds. The third-order valence-electron chi connectivity index (χ3n) is 4.25. The van der Waals surface area contributed by atoms with Crippen molar-refractivity contribution in [3.63, 3.8) is 0 Å². The van der Waals surface area contributed by atoms with E-state index in [0.717, 1.165) is 43.4 Å². The van der Waals surface area contributed by atoms with Crippen molar-refractivity contribution in [3.05, 3.63) is 18.5 Å². The lowest BCUT2D eigenvalue weighted by atomic mass is 10.2. The van der Waals surface area contributed by atoms with Crippen LogP contribution in [0.3, 0.4) is 0 Å². The lowest BCUT2D eigenvalue weighted by Crippen LogP contribution is -2.44. The van der Waals surface area contributed by atoms with Crippen molar-refractivity contribution in [2.75, 3.05) is 17.2 Å². The Morgan fingerprint density at radius 3 is 2.95 bits per heavy atom. The summed E-state index contributed by atoms with van der Waals surface area (Å²) in [5.74, 6) is 1.31. The number of carbonyl (C=O) groups is 1. The standard InChI is InChI=1S/C15H18N6O/c16-12-6-5-10-13(20-12)17-8-18-14(10)21-7-1-2-11(21)15(22)19-9-3-4-9/h5-6,8-9,11H,1-4,7H2,(H,19,22)(H2,16,17,18,20). The number of hydrogen-bond donors (Lipinski definition) is 2. The highest BCUT2D eigenvalue weighted by molar-refractivity contribution is 5.92. The molecule has 0 spiro atoms. The van der Waals surface area contributed by atoms with Gasteiger partial charge >= 0.3 is 0 Å². The second-order valence-corrected chi connectivity index (χ2v) is 5.94. The van der Waals surface area contributed by atoms with Gasteiger partial charge in [-0.2, -0.15) is 0 Å². The minimum atomic E-state index is -0.156. The summed E-state index contributed by atoms with van der Waals surface area (Å²) < 4.78 is 0. The molecule has 1 aliphatic heterocycles. The van der Waals surface area contributed by atoms with Crippen molar-refractivity contribution in [3.8, 4) is 0 Å². The Morgan fingerprint density at radius 1 is 1.27 bits per heavy atom. The number of amides is 1. The minimum Gasteiger partial charge on any atom is -0.384 e. The van der Waals surface area contributed by atoms with Crippen molar-refractivity contribution in [1.82, 2.24) is 20.3 Å². The minimum absolute atomic E-state index is 0.107. The third kappa shape index (κ3) is 2.32. The van der Waals surface area contributed by atoms with Gasteiger partial charge in [-0.3, -0.25) is 4.79 Å². The van der Waals surface area contributed by atoms with E-state index in [1.54, 1.807) is 6.07 Å². The van der Waals surface area contributed by atoms with Crippen molar-refractivity contribution in [2.45, 2.75) is 37.8 Å². The van der Waals surface area contributed by atoms with E-state index in [1.807, 2.05) is 6.07 Å². The number of hydrogen-bond acceptors (Lipinski definition) is 6. The Hall–Kier alpha value is -2.44. The molecule has 1 aliphatic carbocycles. The van der Waals surface area contributed by atoms with Crippen LogP contribution in [0.25, 0.3) is 11.0 Å². The molecule has 22 heavy (non-hydrogen) atoms. The molecule has 3 heterocycles. The molecule has 2 aliphatic rings. The van der Waals surface area contributed by atoms with Gasteiger partial charge in [0.2, 0.25) is 5.91 Å². The number of anilines is 2. The monoisotopic (exact) mass is 298 g/mol. The van der Waals surface area contributed by atoms with Crippen molar-refractivity contribution >= 4 is 28.6 Å². The predicted octanol–water partition coefficient (Wildman–Crippen LogP) is 0.854. The highest BCUT2D eigenvalue weighted by atomic mass is 16.2. The Balaban J connectivity index is 1.69. The number of carbonyl (C=O) groups excluding carboxylic acids is 1. The highest BCUT2D eigenvalue weighted by Crippen LogP contribution is 2.30. The van der Waals surface area contributed by atoms with Crippen molar-refractivity contribution < 1.29 is 4.79 Å². The second-order valence-electron chi connectivity index (χ2n) is 5.94. The Labute approximate surface area is 127 Å². The molecule has 3 N–H and O–H groups in total. The Bertz CT molecular complexity index is 729. The molecular weight excluding hydrogens is 280 g/mol. The number of nitrogen functional groups attached to an aromatic ring is 1. The molecule has 7 heteroatoms. The Morgan fingerprint density at radius 2 is 2.14 bits per heavy atom. The summed E-state index contributed by atoms with van der Waals surface area (Å²) in [5, 5.41) is 3.93. The molecule has 1 saturated heterocycles. The molecule has 4 rings (SSSR count). The predicted molar refractivity (Wildman–Crippen MR) is 83.3 cm³/mol. The van der Waals surface area contributed by atoms with Gasteiger partial charge in [0.25, 0.3) is 0 Å². The Kier molecular flexibility index (Phi) is 3.06. The van der Waals surface area contributed by atoms with Crippen LogP contribution in [0, 0.1) is 0 Å². The summed E-state index contributed by atoms with van der Waals surface area (Å²) in [4.78, 5) is 27.3. The zero-order valence-corrected chi connectivity index (χ0v) is 12.2. The smallest absolute Gasteiger partial charge is 0.242 e. The number of nitrogens with one attached hydrogen (secondary N) is 1. The highest BCUT2D eigenvalue weighted by Gasteiger charge is 2.35.